The monoisotopic (exact) mass is 505 g/mol. The maximum absolute atomic E-state index is 6.52. The highest BCUT2D eigenvalue weighted by Gasteiger charge is 2.20. The molecule has 0 bridgehead atoms. The second-order valence-electron chi connectivity index (χ2n) is 9.26. The van der Waals surface area contributed by atoms with Crippen LogP contribution in [0.15, 0.2) is 87.8 Å². The fraction of sp³-hybridized carbons (Fsp3) is 0.161. The molecule has 2 aliphatic rings. The van der Waals surface area contributed by atoms with E-state index in [1.54, 1.807) is 0 Å². The van der Waals surface area contributed by atoms with Crippen LogP contribution >= 0.6 is 15.9 Å². The average Bonchev–Trinajstić information content (AvgIpc) is 3.28. The number of halogens is 1. The molecule has 3 aromatic carbocycles. The summed E-state index contributed by atoms with van der Waals surface area (Å²) in [7, 11) is 0. The fourth-order valence-electron chi connectivity index (χ4n) is 5.58. The molecule has 34 heavy (non-hydrogen) atoms. The minimum atomic E-state index is 0.987. The first-order valence-electron chi connectivity index (χ1n) is 12.1. The molecule has 5 aromatic rings. The summed E-state index contributed by atoms with van der Waals surface area (Å²) in [5.41, 5.74) is 8.30. The van der Waals surface area contributed by atoms with E-state index in [0.717, 1.165) is 53.5 Å². The number of rotatable bonds is 2. The van der Waals surface area contributed by atoms with Crippen LogP contribution in [0.5, 0.6) is 0 Å². The summed E-state index contributed by atoms with van der Waals surface area (Å²) in [4.78, 5) is 0. The molecule has 0 aliphatic heterocycles. The molecule has 0 radical (unpaired) electrons. The third-order valence-electron chi connectivity index (χ3n) is 7.15. The van der Waals surface area contributed by atoms with E-state index < -0.39 is 0 Å². The zero-order chi connectivity index (χ0) is 22.6. The summed E-state index contributed by atoms with van der Waals surface area (Å²) in [5.74, 6) is 1.11. The SMILES string of the molecule is Brc1cc(-c2ccc3c(c2)c2ccccc2n3C2=CCCC=C2)c2oc3c(c2c1)C=CCCC3. The van der Waals surface area contributed by atoms with Gasteiger partial charge in [0.15, 0.2) is 0 Å². The number of fused-ring (bicyclic) bond motifs is 6. The highest BCUT2D eigenvalue weighted by Crippen LogP contribution is 2.41. The quantitative estimate of drug-likeness (QED) is 0.233. The second-order valence-corrected chi connectivity index (χ2v) is 10.2. The smallest absolute Gasteiger partial charge is 0.142 e. The fourth-order valence-corrected chi connectivity index (χ4v) is 6.04. The third kappa shape index (κ3) is 3.07. The Hall–Kier alpha value is -3.30. The number of nitrogens with zero attached hydrogens (tertiary/aromatic N) is 1. The molecule has 7 rings (SSSR count). The topological polar surface area (TPSA) is 18.1 Å². The summed E-state index contributed by atoms with van der Waals surface area (Å²) >= 11 is 3.77. The molecule has 2 heterocycles. The molecule has 0 amide bonds. The highest BCUT2D eigenvalue weighted by atomic mass is 79.9. The number of para-hydroxylation sites is 1. The van der Waals surface area contributed by atoms with Crippen molar-refractivity contribution < 1.29 is 4.42 Å². The Kier molecular flexibility index (Phi) is 4.66. The van der Waals surface area contributed by atoms with Crippen molar-refractivity contribution >= 4 is 60.5 Å². The minimum Gasteiger partial charge on any atom is -0.460 e. The lowest BCUT2D eigenvalue weighted by atomic mass is 9.99. The molecule has 0 saturated carbocycles. The summed E-state index contributed by atoms with van der Waals surface area (Å²) in [6, 6.07) is 20.0. The van der Waals surface area contributed by atoms with Gasteiger partial charge in [-0.25, -0.2) is 0 Å². The Balaban J connectivity index is 1.50. The lowest BCUT2D eigenvalue weighted by Gasteiger charge is -2.12. The lowest BCUT2D eigenvalue weighted by Crippen LogP contribution is -1.96. The number of allylic oxidation sites excluding steroid dienone is 5. The number of aryl methyl sites for hydroxylation is 1. The van der Waals surface area contributed by atoms with Crippen molar-refractivity contribution in [1.29, 1.82) is 0 Å². The minimum absolute atomic E-state index is 0.987. The molecule has 0 unspecified atom stereocenters. The van der Waals surface area contributed by atoms with E-state index in [9.17, 15) is 0 Å². The molecule has 0 spiro atoms. The average molecular weight is 506 g/mol. The van der Waals surface area contributed by atoms with E-state index in [2.05, 4.69) is 105 Å². The van der Waals surface area contributed by atoms with Crippen molar-refractivity contribution in [2.24, 2.45) is 0 Å². The maximum atomic E-state index is 6.52. The van der Waals surface area contributed by atoms with E-state index in [-0.39, 0.29) is 0 Å². The second kappa shape index (κ2) is 7.89. The number of hydrogen-bond acceptors (Lipinski definition) is 1. The van der Waals surface area contributed by atoms with Gasteiger partial charge in [-0.3, -0.25) is 0 Å². The van der Waals surface area contributed by atoms with Crippen LogP contribution < -0.4 is 0 Å². The molecular formula is C31H24BrNO. The molecule has 2 aliphatic carbocycles. The summed E-state index contributed by atoms with van der Waals surface area (Å²) in [5, 5.41) is 3.75. The predicted molar refractivity (Wildman–Crippen MR) is 147 cm³/mol. The van der Waals surface area contributed by atoms with E-state index in [4.69, 9.17) is 4.42 Å². The molecule has 0 N–H and O–H groups in total. The first kappa shape index (κ1) is 20.1. The van der Waals surface area contributed by atoms with Gasteiger partial charge in [0.1, 0.15) is 11.3 Å². The molecule has 0 atom stereocenters. The van der Waals surface area contributed by atoms with Gasteiger partial charge in [-0.1, -0.05) is 64.5 Å². The molecule has 2 aromatic heterocycles. The number of aromatic nitrogens is 1. The van der Waals surface area contributed by atoms with E-state index in [0.29, 0.717) is 0 Å². The van der Waals surface area contributed by atoms with Gasteiger partial charge in [0.05, 0.1) is 11.0 Å². The normalized spacial score (nSPS) is 15.7. The van der Waals surface area contributed by atoms with Crippen molar-refractivity contribution in [2.75, 3.05) is 0 Å². The van der Waals surface area contributed by atoms with Crippen LogP contribution in [0.2, 0.25) is 0 Å². The standard InChI is InChI=1S/C31H24BrNO/c32-21-18-25(31-27(19-21)24-12-5-2-6-14-30(24)34-31)20-15-16-29-26(17-20)23-11-7-8-13-28(23)33(29)22-9-3-1-4-10-22/h3,5,7-13,15-19H,1-2,4,6,14H2. The molecule has 3 heteroatoms. The van der Waals surface area contributed by atoms with Crippen molar-refractivity contribution in [1.82, 2.24) is 4.57 Å². The van der Waals surface area contributed by atoms with Gasteiger partial charge < -0.3 is 8.98 Å². The molecule has 166 valence electrons. The first-order valence-corrected chi connectivity index (χ1v) is 12.9. The predicted octanol–water partition coefficient (Wildman–Crippen LogP) is 9.51. The van der Waals surface area contributed by atoms with Gasteiger partial charge in [-0.2, -0.15) is 0 Å². The Labute approximate surface area is 207 Å². The molecule has 2 nitrogen and oxygen atoms in total. The van der Waals surface area contributed by atoms with Gasteiger partial charge in [-0.05, 0) is 67.7 Å². The van der Waals surface area contributed by atoms with Crippen LogP contribution in [0.1, 0.15) is 37.0 Å². The molecule has 0 saturated heterocycles. The first-order chi connectivity index (χ1) is 16.8. The van der Waals surface area contributed by atoms with Crippen LogP contribution in [0.3, 0.4) is 0 Å². The van der Waals surface area contributed by atoms with E-state index >= 15 is 0 Å². The van der Waals surface area contributed by atoms with Crippen molar-refractivity contribution in [3.63, 3.8) is 0 Å². The van der Waals surface area contributed by atoms with E-state index in [1.807, 2.05) is 0 Å². The summed E-state index contributed by atoms with van der Waals surface area (Å²) in [6.45, 7) is 0. The van der Waals surface area contributed by atoms with Gasteiger partial charge in [-0.15, -0.1) is 0 Å². The number of furan rings is 1. The van der Waals surface area contributed by atoms with E-state index in [1.165, 1.54) is 44.0 Å². The summed E-state index contributed by atoms with van der Waals surface area (Å²) in [6.07, 6.45) is 16.8. The van der Waals surface area contributed by atoms with Crippen LogP contribution in [0, 0.1) is 0 Å². The Morgan fingerprint density at radius 2 is 1.68 bits per heavy atom. The van der Waals surface area contributed by atoms with Crippen LogP contribution in [-0.2, 0) is 6.42 Å². The van der Waals surface area contributed by atoms with Crippen LogP contribution in [0.4, 0.5) is 0 Å². The third-order valence-corrected chi connectivity index (χ3v) is 7.60. The van der Waals surface area contributed by atoms with Gasteiger partial charge in [0.2, 0.25) is 0 Å². The molecular weight excluding hydrogens is 482 g/mol. The largest absolute Gasteiger partial charge is 0.460 e. The van der Waals surface area contributed by atoms with Crippen LogP contribution in [0.25, 0.3) is 55.7 Å². The Morgan fingerprint density at radius 1 is 0.794 bits per heavy atom. The Bertz CT molecular complexity index is 1690. The number of hydrogen-bond donors (Lipinski definition) is 0. The van der Waals surface area contributed by atoms with Gasteiger partial charge in [0.25, 0.3) is 0 Å². The van der Waals surface area contributed by atoms with Crippen molar-refractivity contribution in [3.05, 3.63) is 94.7 Å². The Morgan fingerprint density at radius 3 is 2.59 bits per heavy atom. The zero-order valence-corrected chi connectivity index (χ0v) is 20.4. The van der Waals surface area contributed by atoms with Crippen molar-refractivity contribution in [3.8, 4) is 11.1 Å². The number of benzene rings is 3. The lowest BCUT2D eigenvalue weighted by molar-refractivity contribution is 0.541. The maximum Gasteiger partial charge on any atom is 0.142 e. The summed E-state index contributed by atoms with van der Waals surface area (Å²) < 4.78 is 10.00. The van der Waals surface area contributed by atoms with Crippen LogP contribution in [-0.4, -0.2) is 4.57 Å². The van der Waals surface area contributed by atoms with Crippen molar-refractivity contribution in [2.45, 2.75) is 32.1 Å². The molecule has 0 fully saturated rings. The van der Waals surface area contributed by atoms with Gasteiger partial charge in [0, 0.05) is 43.9 Å². The highest BCUT2D eigenvalue weighted by molar-refractivity contribution is 9.10. The zero-order valence-electron chi connectivity index (χ0n) is 18.9. The van der Waals surface area contributed by atoms with Gasteiger partial charge >= 0.3 is 0 Å².